The third-order valence-electron chi connectivity index (χ3n) is 5.60. The first-order valence-corrected chi connectivity index (χ1v) is 12.0. The molecule has 1 aliphatic heterocycles. The summed E-state index contributed by atoms with van der Waals surface area (Å²) in [5, 5.41) is 2.62. The Kier molecular flexibility index (Phi) is 6.78. The van der Waals surface area contributed by atoms with Crippen LogP contribution in [0.3, 0.4) is 0 Å². The Bertz CT molecular complexity index is 1500. The summed E-state index contributed by atoms with van der Waals surface area (Å²) >= 11 is 5.32. The van der Waals surface area contributed by atoms with Crippen LogP contribution < -0.4 is 19.7 Å². The molecular formula is C30H22N2O4S. The van der Waals surface area contributed by atoms with Crippen molar-refractivity contribution in [3.8, 4) is 23.0 Å². The summed E-state index contributed by atoms with van der Waals surface area (Å²) in [6, 6.07) is 31.2. The molecular weight excluding hydrogens is 484 g/mol. The molecule has 0 aliphatic carbocycles. The molecule has 0 atom stereocenters. The number of nitrogens with zero attached hydrogens (tertiary/aromatic N) is 1. The quantitative estimate of drug-likeness (QED) is 0.186. The number of ether oxygens (including phenoxy) is 2. The van der Waals surface area contributed by atoms with Gasteiger partial charge < -0.3 is 9.47 Å². The third-order valence-corrected chi connectivity index (χ3v) is 5.89. The molecule has 0 spiro atoms. The van der Waals surface area contributed by atoms with Crippen LogP contribution in [-0.4, -0.2) is 16.9 Å². The number of carbonyl (C=O) groups is 2. The normalized spacial score (nSPS) is 14.5. The summed E-state index contributed by atoms with van der Waals surface area (Å²) < 4.78 is 11.7. The Morgan fingerprint density at radius 1 is 0.730 bits per heavy atom. The fourth-order valence-electron chi connectivity index (χ4n) is 3.76. The molecule has 37 heavy (non-hydrogen) atoms. The number of para-hydroxylation sites is 1. The molecule has 0 radical (unpaired) electrons. The van der Waals surface area contributed by atoms with Gasteiger partial charge in [0.2, 0.25) is 0 Å². The van der Waals surface area contributed by atoms with Crippen LogP contribution in [0.25, 0.3) is 6.08 Å². The van der Waals surface area contributed by atoms with E-state index in [1.165, 1.54) is 11.0 Å². The highest BCUT2D eigenvalue weighted by Gasteiger charge is 2.34. The number of anilines is 1. The predicted molar refractivity (Wildman–Crippen MR) is 147 cm³/mol. The summed E-state index contributed by atoms with van der Waals surface area (Å²) in [6.45, 7) is 2.00. The van der Waals surface area contributed by atoms with Gasteiger partial charge in [0.25, 0.3) is 11.8 Å². The minimum absolute atomic E-state index is 0.0142. The van der Waals surface area contributed by atoms with Crippen molar-refractivity contribution >= 4 is 40.9 Å². The maximum Gasteiger partial charge on any atom is 0.270 e. The van der Waals surface area contributed by atoms with Gasteiger partial charge in [-0.25, -0.2) is 0 Å². The second-order valence-electron chi connectivity index (χ2n) is 8.35. The Morgan fingerprint density at radius 2 is 1.32 bits per heavy atom. The molecule has 1 fully saturated rings. The van der Waals surface area contributed by atoms with Gasteiger partial charge in [0.05, 0.1) is 5.69 Å². The Hall–Kier alpha value is -4.75. The van der Waals surface area contributed by atoms with Crippen molar-refractivity contribution < 1.29 is 19.1 Å². The maximum atomic E-state index is 13.4. The second-order valence-corrected chi connectivity index (χ2v) is 8.74. The zero-order valence-electron chi connectivity index (χ0n) is 19.9. The van der Waals surface area contributed by atoms with E-state index in [2.05, 4.69) is 5.32 Å². The molecule has 182 valence electrons. The van der Waals surface area contributed by atoms with E-state index in [0.717, 1.165) is 5.56 Å². The average molecular weight is 507 g/mol. The zero-order chi connectivity index (χ0) is 25.8. The Morgan fingerprint density at radius 3 is 2.03 bits per heavy atom. The molecule has 0 bridgehead atoms. The minimum atomic E-state index is -0.555. The first kappa shape index (κ1) is 24.0. The Labute approximate surface area is 219 Å². The monoisotopic (exact) mass is 506 g/mol. The number of carbonyl (C=O) groups excluding carboxylic acids is 2. The topological polar surface area (TPSA) is 67.9 Å². The van der Waals surface area contributed by atoms with Gasteiger partial charge in [-0.05, 0) is 91.4 Å². The van der Waals surface area contributed by atoms with E-state index >= 15 is 0 Å². The van der Waals surface area contributed by atoms with Crippen molar-refractivity contribution in [3.05, 3.63) is 120 Å². The van der Waals surface area contributed by atoms with E-state index in [4.69, 9.17) is 21.7 Å². The highest BCUT2D eigenvalue weighted by molar-refractivity contribution is 7.80. The van der Waals surface area contributed by atoms with Crippen LogP contribution >= 0.6 is 12.2 Å². The van der Waals surface area contributed by atoms with Gasteiger partial charge in [0.1, 0.15) is 28.6 Å². The lowest BCUT2D eigenvalue weighted by atomic mass is 10.1. The second kappa shape index (κ2) is 10.5. The standard InChI is InChI=1S/C30H22N2O4S/c1-20-10-14-24(15-11-20)36-26-9-5-6-21(18-26)19-27-28(33)31-30(37)32(29(27)34)22-12-16-25(17-13-22)35-23-7-3-2-4-8-23/h2-19H,1H3,(H,31,33,37)/b27-19+. The van der Waals surface area contributed by atoms with Gasteiger partial charge in [0.15, 0.2) is 5.11 Å². The molecule has 4 aromatic rings. The van der Waals surface area contributed by atoms with E-state index < -0.39 is 11.8 Å². The van der Waals surface area contributed by atoms with Crippen molar-refractivity contribution in [3.63, 3.8) is 0 Å². The number of hydrogen-bond donors (Lipinski definition) is 1. The minimum Gasteiger partial charge on any atom is -0.457 e. The predicted octanol–water partition coefficient (Wildman–Crippen LogP) is 6.41. The van der Waals surface area contributed by atoms with Crippen LogP contribution in [0, 0.1) is 6.92 Å². The van der Waals surface area contributed by atoms with Crippen molar-refractivity contribution in [2.45, 2.75) is 6.92 Å². The number of nitrogens with one attached hydrogen (secondary N) is 1. The molecule has 1 heterocycles. The van der Waals surface area contributed by atoms with E-state index in [1.54, 1.807) is 42.5 Å². The van der Waals surface area contributed by atoms with Crippen LogP contribution in [0.5, 0.6) is 23.0 Å². The lowest BCUT2D eigenvalue weighted by Gasteiger charge is -2.29. The number of rotatable bonds is 6. The number of amides is 2. The lowest BCUT2D eigenvalue weighted by molar-refractivity contribution is -0.122. The third kappa shape index (κ3) is 5.58. The number of thiocarbonyl (C=S) groups is 1. The zero-order valence-corrected chi connectivity index (χ0v) is 20.7. The van der Waals surface area contributed by atoms with Gasteiger partial charge in [0, 0.05) is 0 Å². The Balaban J connectivity index is 1.37. The number of hydrogen-bond acceptors (Lipinski definition) is 5. The smallest absolute Gasteiger partial charge is 0.270 e. The highest BCUT2D eigenvalue weighted by Crippen LogP contribution is 2.28. The van der Waals surface area contributed by atoms with E-state index in [1.807, 2.05) is 67.6 Å². The van der Waals surface area contributed by atoms with Crippen molar-refractivity contribution in [2.75, 3.05) is 4.90 Å². The lowest BCUT2D eigenvalue weighted by Crippen LogP contribution is -2.54. The molecule has 1 aliphatic rings. The van der Waals surface area contributed by atoms with Gasteiger partial charge in [-0.15, -0.1) is 0 Å². The van der Waals surface area contributed by atoms with Gasteiger partial charge >= 0.3 is 0 Å². The molecule has 1 saturated heterocycles. The molecule has 0 saturated carbocycles. The molecule has 2 amide bonds. The largest absolute Gasteiger partial charge is 0.457 e. The summed E-state index contributed by atoms with van der Waals surface area (Å²) in [5.41, 5.74) is 2.25. The summed E-state index contributed by atoms with van der Waals surface area (Å²) in [4.78, 5) is 27.4. The van der Waals surface area contributed by atoms with Crippen LogP contribution in [-0.2, 0) is 9.59 Å². The molecule has 5 rings (SSSR count). The highest BCUT2D eigenvalue weighted by atomic mass is 32.1. The number of benzene rings is 4. The average Bonchev–Trinajstić information content (AvgIpc) is 2.90. The van der Waals surface area contributed by atoms with E-state index in [0.29, 0.717) is 34.2 Å². The SMILES string of the molecule is Cc1ccc(Oc2cccc(/C=C3\C(=O)NC(=S)N(c4ccc(Oc5ccccc5)cc4)C3=O)c2)cc1. The molecule has 7 heteroatoms. The molecule has 1 N–H and O–H groups in total. The summed E-state index contributed by atoms with van der Waals surface area (Å²) in [6.07, 6.45) is 1.53. The van der Waals surface area contributed by atoms with Crippen molar-refractivity contribution in [1.29, 1.82) is 0 Å². The van der Waals surface area contributed by atoms with Crippen LogP contribution in [0.4, 0.5) is 5.69 Å². The van der Waals surface area contributed by atoms with Crippen LogP contribution in [0.2, 0.25) is 0 Å². The van der Waals surface area contributed by atoms with Gasteiger partial charge in [-0.3, -0.25) is 19.8 Å². The van der Waals surface area contributed by atoms with Crippen LogP contribution in [0.15, 0.2) is 109 Å². The maximum absolute atomic E-state index is 13.4. The fourth-order valence-corrected chi connectivity index (χ4v) is 4.04. The number of aryl methyl sites for hydroxylation is 1. The molecule has 6 nitrogen and oxygen atoms in total. The van der Waals surface area contributed by atoms with Gasteiger partial charge in [-0.1, -0.05) is 48.0 Å². The van der Waals surface area contributed by atoms with Gasteiger partial charge in [-0.2, -0.15) is 0 Å². The van der Waals surface area contributed by atoms with E-state index in [9.17, 15) is 9.59 Å². The van der Waals surface area contributed by atoms with Crippen molar-refractivity contribution in [1.82, 2.24) is 5.32 Å². The molecule has 4 aromatic carbocycles. The van der Waals surface area contributed by atoms with Crippen molar-refractivity contribution in [2.24, 2.45) is 0 Å². The van der Waals surface area contributed by atoms with Crippen LogP contribution in [0.1, 0.15) is 11.1 Å². The van der Waals surface area contributed by atoms with E-state index in [-0.39, 0.29) is 10.7 Å². The first-order chi connectivity index (χ1) is 18.0. The summed E-state index contributed by atoms with van der Waals surface area (Å²) in [5.74, 6) is 1.51. The molecule has 0 aromatic heterocycles. The molecule has 0 unspecified atom stereocenters. The fraction of sp³-hybridized carbons (Fsp3) is 0.0333. The first-order valence-electron chi connectivity index (χ1n) is 11.6. The summed E-state index contributed by atoms with van der Waals surface area (Å²) in [7, 11) is 0.